The molecule has 3 aliphatic rings. The predicted molar refractivity (Wildman–Crippen MR) is 88.0 cm³/mol. The largest absolute Gasteiger partial charge is 0.294 e. The Morgan fingerprint density at radius 3 is 2.71 bits per heavy atom. The molecule has 0 spiro atoms. The average molecular weight is 286 g/mol. The quantitative estimate of drug-likeness (QED) is 0.627. The summed E-state index contributed by atoms with van der Waals surface area (Å²) in [6.45, 7) is 2.26. The van der Waals surface area contributed by atoms with E-state index in [9.17, 15) is 4.79 Å². The van der Waals surface area contributed by atoms with E-state index in [1.807, 2.05) is 0 Å². The molecule has 0 saturated heterocycles. The van der Waals surface area contributed by atoms with Crippen molar-refractivity contribution < 1.29 is 4.79 Å². The van der Waals surface area contributed by atoms with Gasteiger partial charge in [0.1, 0.15) is 0 Å². The molecular weight excluding hydrogens is 256 g/mol. The van der Waals surface area contributed by atoms with Crippen molar-refractivity contribution in [2.24, 2.45) is 23.7 Å². The minimum atomic E-state index is 0.304. The lowest BCUT2D eigenvalue weighted by Crippen LogP contribution is -2.36. The van der Waals surface area contributed by atoms with Crippen LogP contribution in [0.3, 0.4) is 0 Å². The van der Waals surface area contributed by atoms with E-state index in [1.165, 1.54) is 56.9 Å². The van der Waals surface area contributed by atoms with Gasteiger partial charge in [-0.25, -0.2) is 0 Å². The first kappa shape index (κ1) is 15.1. The van der Waals surface area contributed by atoms with Gasteiger partial charge in [0, 0.05) is 5.92 Å². The van der Waals surface area contributed by atoms with Gasteiger partial charge >= 0.3 is 0 Å². The zero-order valence-electron chi connectivity index (χ0n) is 13.5. The number of unbranched alkanes of at least 4 members (excludes halogenated alkanes) is 1. The normalized spacial score (nSPS) is 33.7. The monoisotopic (exact) mass is 286 g/mol. The number of hydrogen-bond donors (Lipinski definition) is 0. The van der Waals surface area contributed by atoms with Gasteiger partial charge < -0.3 is 0 Å². The molecule has 0 aromatic heterocycles. The Morgan fingerprint density at radius 2 is 1.95 bits per heavy atom. The number of hydrogen-bond acceptors (Lipinski definition) is 1. The minimum absolute atomic E-state index is 0.304. The van der Waals surface area contributed by atoms with E-state index < -0.39 is 0 Å². The maximum atomic E-state index is 13.0. The Bertz CT molecular complexity index is 425. The molecule has 0 aromatic rings. The molecule has 2 unspecified atom stereocenters. The molecule has 0 radical (unpaired) electrons. The second kappa shape index (κ2) is 6.94. The zero-order chi connectivity index (χ0) is 14.7. The number of rotatable bonds is 4. The Labute approximate surface area is 129 Å². The van der Waals surface area contributed by atoms with Crippen molar-refractivity contribution in [3.8, 4) is 0 Å². The number of Topliss-reactive ketones (excluding diaryl/α,β-unsaturated/α-hetero) is 1. The van der Waals surface area contributed by atoms with Crippen LogP contribution in [0.2, 0.25) is 0 Å². The third kappa shape index (κ3) is 3.17. The number of carbonyl (C=O) groups is 1. The smallest absolute Gasteiger partial charge is 0.162 e. The maximum absolute atomic E-state index is 13.0. The highest BCUT2D eigenvalue weighted by Gasteiger charge is 2.39. The summed E-state index contributed by atoms with van der Waals surface area (Å²) < 4.78 is 0. The molecule has 0 heterocycles. The molecule has 116 valence electrons. The van der Waals surface area contributed by atoms with Crippen molar-refractivity contribution >= 4 is 5.78 Å². The fourth-order valence-corrected chi connectivity index (χ4v) is 4.77. The maximum Gasteiger partial charge on any atom is 0.162 e. The molecule has 0 aromatic carbocycles. The molecule has 0 N–H and O–H groups in total. The molecule has 0 aliphatic heterocycles. The van der Waals surface area contributed by atoms with E-state index in [4.69, 9.17) is 0 Å². The van der Waals surface area contributed by atoms with Crippen molar-refractivity contribution in [3.05, 3.63) is 23.8 Å². The topological polar surface area (TPSA) is 17.1 Å². The van der Waals surface area contributed by atoms with Crippen LogP contribution in [0, 0.1) is 23.7 Å². The number of carbonyl (C=O) groups excluding carboxylic acids is 1. The van der Waals surface area contributed by atoms with Gasteiger partial charge in [-0.15, -0.1) is 0 Å². The lowest BCUT2D eigenvalue weighted by molar-refractivity contribution is -0.122. The van der Waals surface area contributed by atoms with Crippen LogP contribution in [0.4, 0.5) is 0 Å². The van der Waals surface area contributed by atoms with E-state index in [-0.39, 0.29) is 0 Å². The van der Waals surface area contributed by atoms with E-state index >= 15 is 0 Å². The molecule has 1 heteroatoms. The van der Waals surface area contributed by atoms with Gasteiger partial charge in [0.2, 0.25) is 0 Å². The van der Waals surface area contributed by atoms with E-state index in [0.717, 1.165) is 12.8 Å². The van der Waals surface area contributed by atoms with Crippen LogP contribution in [0.5, 0.6) is 0 Å². The average Bonchev–Trinajstić information content (AvgIpc) is 2.54. The highest BCUT2D eigenvalue weighted by molar-refractivity contribution is 5.98. The van der Waals surface area contributed by atoms with Gasteiger partial charge in [-0.2, -0.15) is 0 Å². The summed E-state index contributed by atoms with van der Waals surface area (Å²) in [7, 11) is 0. The summed E-state index contributed by atoms with van der Waals surface area (Å²) in [5.74, 6) is 2.66. The lowest BCUT2D eigenvalue weighted by atomic mass is 9.64. The standard InChI is InChI=1S/C20H30O/c1-2-3-8-15-11-7-12-19-17(15)13-14-18(20(19)21)16-9-5-4-6-10-16/h7,11,14-17,19H,2-6,8-10,12-13H2,1H3/t15-,17?,19?/m1/s1. The van der Waals surface area contributed by atoms with Crippen LogP contribution < -0.4 is 0 Å². The van der Waals surface area contributed by atoms with Gasteiger partial charge in [0.15, 0.2) is 5.78 Å². The van der Waals surface area contributed by atoms with Crippen LogP contribution in [-0.4, -0.2) is 5.78 Å². The molecule has 3 aliphatic carbocycles. The molecule has 21 heavy (non-hydrogen) atoms. The molecule has 3 atom stereocenters. The van der Waals surface area contributed by atoms with Crippen molar-refractivity contribution in [2.75, 3.05) is 0 Å². The Morgan fingerprint density at radius 1 is 1.14 bits per heavy atom. The first-order valence-electron chi connectivity index (χ1n) is 9.22. The minimum Gasteiger partial charge on any atom is -0.294 e. The van der Waals surface area contributed by atoms with Gasteiger partial charge in [0.25, 0.3) is 0 Å². The zero-order valence-corrected chi connectivity index (χ0v) is 13.5. The second-order valence-corrected chi connectivity index (χ2v) is 7.33. The van der Waals surface area contributed by atoms with Crippen LogP contribution >= 0.6 is 0 Å². The fraction of sp³-hybridized carbons (Fsp3) is 0.750. The van der Waals surface area contributed by atoms with Crippen molar-refractivity contribution in [1.29, 1.82) is 0 Å². The Balaban J connectivity index is 1.72. The van der Waals surface area contributed by atoms with Crippen molar-refractivity contribution in [2.45, 2.75) is 71.1 Å². The summed E-state index contributed by atoms with van der Waals surface area (Å²) in [4.78, 5) is 13.0. The van der Waals surface area contributed by atoms with Crippen LogP contribution in [0.1, 0.15) is 71.1 Å². The fourth-order valence-electron chi connectivity index (χ4n) is 4.77. The van der Waals surface area contributed by atoms with Crippen LogP contribution in [0.25, 0.3) is 0 Å². The first-order valence-corrected chi connectivity index (χ1v) is 9.22. The SMILES string of the molecule is CCCC[C@@H]1C=CCC2C(=O)C(C3CCCCC3)=CCC21. The van der Waals surface area contributed by atoms with E-state index in [2.05, 4.69) is 25.2 Å². The van der Waals surface area contributed by atoms with Gasteiger partial charge in [-0.05, 0) is 55.4 Å². The summed E-state index contributed by atoms with van der Waals surface area (Å²) >= 11 is 0. The molecule has 3 rings (SSSR count). The molecule has 1 fully saturated rings. The van der Waals surface area contributed by atoms with Crippen molar-refractivity contribution in [1.82, 2.24) is 0 Å². The predicted octanol–water partition coefficient (Wildman–Crippen LogP) is 5.46. The van der Waals surface area contributed by atoms with Gasteiger partial charge in [-0.3, -0.25) is 4.79 Å². The van der Waals surface area contributed by atoms with Gasteiger partial charge in [0.05, 0.1) is 0 Å². The second-order valence-electron chi connectivity index (χ2n) is 7.33. The summed E-state index contributed by atoms with van der Waals surface area (Å²) in [5, 5.41) is 0. The van der Waals surface area contributed by atoms with Crippen LogP contribution in [-0.2, 0) is 4.79 Å². The van der Waals surface area contributed by atoms with Crippen LogP contribution in [0.15, 0.2) is 23.8 Å². The van der Waals surface area contributed by atoms with Gasteiger partial charge in [-0.1, -0.05) is 57.3 Å². The first-order chi connectivity index (χ1) is 10.3. The number of allylic oxidation sites excluding steroid dienone is 4. The van der Waals surface area contributed by atoms with E-state index in [1.54, 1.807) is 0 Å². The highest BCUT2D eigenvalue weighted by atomic mass is 16.1. The molecule has 0 bridgehead atoms. The Hall–Kier alpha value is -0.850. The molecular formula is C20H30O. The lowest BCUT2D eigenvalue weighted by Gasteiger charge is -2.39. The Kier molecular flexibility index (Phi) is 4.98. The molecule has 1 saturated carbocycles. The number of fused-ring (bicyclic) bond motifs is 1. The molecule has 1 nitrogen and oxygen atoms in total. The molecule has 0 amide bonds. The summed E-state index contributed by atoms with van der Waals surface area (Å²) in [5.41, 5.74) is 1.22. The third-order valence-electron chi connectivity index (χ3n) is 6.01. The highest BCUT2D eigenvalue weighted by Crippen LogP contribution is 2.43. The van der Waals surface area contributed by atoms with Crippen molar-refractivity contribution in [3.63, 3.8) is 0 Å². The third-order valence-corrected chi connectivity index (χ3v) is 6.01. The van der Waals surface area contributed by atoms with E-state index in [0.29, 0.717) is 29.5 Å². The summed E-state index contributed by atoms with van der Waals surface area (Å²) in [6.07, 6.45) is 19.5. The number of ketones is 1. The summed E-state index contributed by atoms with van der Waals surface area (Å²) in [6, 6.07) is 0.